The smallest absolute Gasteiger partial charge is 0.163 e. The number of aryl methyl sites for hydroxylation is 3. The van der Waals surface area contributed by atoms with Crippen molar-refractivity contribution in [3.05, 3.63) is 44.6 Å². The summed E-state index contributed by atoms with van der Waals surface area (Å²) in [7, 11) is 0. The van der Waals surface area contributed by atoms with Crippen LogP contribution in [0.5, 0.6) is 0 Å². The monoisotopic (exact) mass is 364 g/mol. The Bertz CT molecular complexity index is 705. The van der Waals surface area contributed by atoms with Crippen molar-refractivity contribution in [3.8, 4) is 0 Å². The maximum absolute atomic E-state index is 5.85. The molecule has 21 heavy (non-hydrogen) atoms. The van der Waals surface area contributed by atoms with Crippen molar-refractivity contribution in [1.29, 1.82) is 0 Å². The number of hydrogen-bond donors (Lipinski definition) is 2. The van der Waals surface area contributed by atoms with Crippen molar-refractivity contribution in [1.82, 2.24) is 10.2 Å². The first-order valence-corrected chi connectivity index (χ1v) is 7.68. The molecular weight excluding hydrogens is 348 g/mol. The average Bonchev–Trinajstić information content (AvgIpc) is 2.37. The molecule has 0 amide bonds. The quantitative estimate of drug-likeness (QED) is 0.809. The number of rotatable bonds is 3. The number of nitrogens with two attached hydrogens (primary N) is 1. The Kier molecular flexibility index (Phi) is 4.58. The summed E-state index contributed by atoms with van der Waals surface area (Å²) in [6.07, 6.45) is 0. The van der Waals surface area contributed by atoms with Crippen LogP contribution in [0.4, 0.5) is 11.5 Å². The lowest BCUT2D eigenvalue weighted by Gasteiger charge is -2.16. The average molecular weight is 365 g/mol. The van der Waals surface area contributed by atoms with E-state index in [4.69, 9.17) is 18.0 Å². The van der Waals surface area contributed by atoms with Crippen LogP contribution in [0.25, 0.3) is 0 Å². The van der Waals surface area contributed by atoms with Gasteiger partial charge in [-0.1, -0.05) is 28.1 Å². The van der Waals surface area contributed by atoms with Gasteiger partial charge in [0.05, 0.1) is 11.3 Å². The molecule has 0 aliphatic carbocycles. The third-order valence-electron chi connectivity index (χ3n) is 3.44. The van der Waals surface area contributed by atoms with Crippen LogP contribution in [-0.4, -0.2) is 15.2 Å². The van der Waals surface area contributed by atoms with Gasteiger partial charge in [-0.05, 0) is 56.5 Å². The first-order chi connectivity index (χ1) is 9.81. The highest BCUT2D eigenvalue weighted by Crippen LogP contribution is 2.29. The highest BCUT2D eigenvalue weighted by atomic mass is 79.9. The van der Waals surface area contributed by atoms with E-state index in [1.165, 1.54) is 0 Å². The molecule has 1 heterocycles. The largest absolute Gasteiger partial charge is 0.389 e. The molecule has 3 N–H and O–H groups in total. The van der Waals surface area contributed by atoms with Gasteiger partial charge in [-0.15, -0.1) is 5.10 Å². The summed E-state index contributed by atoms with van der Waals surface area (Å²) < 4.78 is 1.05. The number of halogens is 1. The number of thiocarbonyl (C=S) groups is 1. The van der Waals surface area contributed by atoms with E-state index in [-0.39, 0.29) is 0 Å². The predicted octanol–water partition coefficient (Wildman–Crippen LogP) is 3.85. The SMILES string of the molecule is Cc1cc(Br)cc(C)c1Nc1nnc(C)c(C)c1C(N)=S. The summed E-state index contributed by atoms with van der Waals surface area (Å²) in [4.78, 5) is 0.320. The predicted molar refractivity (Wildman–Crippen MR) is 94.3 cm³/mol. The van der Waals surface area contributed by atoms with Crippen molar-refractivity contribution in [2.24, 2.45) is 5.73 Å². The van der Waals surface area contributed by atoms with E-state index >= 15 is 0 Å². The molecule has 0 spiro atoms. The molecule has 0 saturated carbocycles. The summed E-state index contributed by atoms with van der Waals surface area (Å²) >= 11 is 8.66. The molecule has 0 aliphatic rings. The molecule has 1 aromatic carbocycles. The molecule has 0 radical (unpaired) electrons. The van der Waals surface area contributed by atoms with Gasteiger partial charge in [-0.3, -0.25) is 0 Å². The van der Waals surface area contributed by atoms with Gasteiger partial charge >= 0.3 is 0 Å². The first kappa shape index (κ1) is 15.9. The van der Waals surface area contributed by atoms with Gasteiger partial charge in [-0.2, -0.15) is 5.10 Å². The van der Waals surface area contributed by atoms with Gasteiger partial charge in [0, 0.05) is 10.2 Å². The minimum atomic E-state index is 0.320. The van der Waals surface area contributed by atoms with E-state index in [2.05, 4.69) is 31.4 Å². The molecule has 6 heteroatoms. The molecule has 2 rings (SSSR count). The summed E-state index contributed by atoms with van der Waals surface area (Å²) in [5.74, 6) is 0.596. The van der Waals surface area contributed by atoms with Gasteiger partial charge in [-0.25, -0.2) is 0 Å². The second-order valence-corrected chi connectivity index (χ2v) is 6.39. The van der Waals surface area contributed by atoms with Crippen LogP contribution in [0, 0.1) is 27.7 Å². The van der Waals surface area contributed by atoms with Crippen molar-refractivity contribution >= 4 is 44.6 Å². The lowest BCUT2D eigenvalue weighted by Crippen LogP contribution is -2.17. The van der Waals surface area contributed by atoms with E-state index in [1.807, 2.05) is 39.8 Å². The lowest BCUT2D eigenvalue weighted by molar-refractivity contribution is 0.962. The number of nitrogens with one attached hydrogen (secondary N) is 1. The van der Waals surface area contributed by atoms with Crippen LogP contribution in [0.2, 0.25) is 0 Å². The fraction of sp³-hybridized carbons (Fsp3) is 0.267. The molecule has 1 aromatic heterocycles. The molecule has 0 atom stereocenters. The minimum Gasteiger partial charge on any atom is -0.389 e. The van der Waals surface area contributed by atoms with Gasteiger partial charge in [0.25, 0.3) is 0 Å². The molecular formula is C15H17BrN4S. The number of aromatic nitrogens is 2. The van der Waals surface area contributed by atoms with Crippen molar-refractivity contribution in [2.45, 2.75) is 27.7 Å². The van der Waals surface area contributed by atoms with Gasteiger partial charge < -0.3 is 11.1 Å². The number of benzene rings is 1. The number of nitrogens with zero attached hydrogens (tertiary/aromatic N) is 2. The Morgan fingerprint density at radius 1 is 1.14 bits per heavy atom. The van der Waals surface area contributed by atoms with E-state index in [0.717, 1.165) is 38.1 Å². The first-order valence-electron chi connectivity index (χ1n) is 6.48. The maximum atomic E-state index is 5.85. The van der Waals surface area contributed by atoms with Crippen LogP contribution in [0.3, 0.4) is 0 Å². The van der Waals surface area contributed by atoms with Gasteiger partial charge in [0.2, 0.25) is 0 Å². The highest BCUT2D eigenvalue weighted by molar-refractivity contribution is 9.10. The Balaban J connectivity index is 2.55. The van der Waals surface area contributed by atoms with Crippen LogP contribution >= 0.6 is 28.1 Å². The van der Waals surface area contributed by atoms with Crippen LogP contribution in [-0.2, 0) is 0 Å². The zero-order valence-corrected chi connectivity index (χ0v) is 14.8. The Labute approximate surface area is 138 Å². The van der Waals surface area contributed by atoms with Crippen molar-refractivity contribution in [2.75, 3.05) is 5.32 Å². The van der Waals surface area contributed by atoms with E-state index in [0.29, 0.717) is 10.8 Å². The number of anilines is 2. The zero-order valence-electron chi connectivity index (χ0n) is 12.4. The Morgan fingerprint density at radius 3 is 2.24 bits per heavy atom. The van der Waals surface area contributed by atoms with Crippen molar-refractivity contribution in [3.63, 3.8) is 0 Å². The molecule has 4 nitrogen and oxygen atoms in total. The second kappa shape index (κ2) is 6.07. The molecule has 0 bridgehead atoms. The lowest BCUT2D eigenvalue weighted by atomic mass is 10.1. The summed E-state index contributed by atoms with van der Waals surface area (Å²) in [6, 6.07) is 4.09. The zero-order chi connectivity index (χ0) is 15.7. The van der Waals surface area contributed by atoms with Gasteiger partial charge in [0.1, 0.15) is 4.99 Å². The molecule has 0 aliphatic heterocycles. The normalized spacial score (nSPS) is 10.5. The van der Waals surface area contributed by atoms with Gasteiger partial charge in [0.15, 0.2) is 5.82 Å². The van der Waals surface area contributed by atoms with Crippen molar-refractivity contribution < 1.29 is 0 Å². The molecule has 0 fully saturated rings. The standard InChI is InChI=1S/C15H17BrN4S/c1-7-5-11(16)6-8(2)13(7)18-15-12(14(17)21)9(3)10(4)19-20-15/h5-6H,1-4H3,(H2,17,21)(H,18,20). The van der Waals surface area contributed by atoms with E-state index < -0.39 is 0 Å². The number of hydrogen-bond acceptors (Lipinski definition) is 4. The van der Waals surface area contributed by atoms with Crippen LogP contribution in [0.1, 0.15) is 27.9 Å². The molecule has 0 saturated heterocycles. The third kappa shape index (κ3) is 3.22. The Hall–Kier alpha value is -1.53. The third-order valence-corrected chi connectivity index (χ3v) is 4.10. The fourth-order valence-corrected chi connectivity index (χ4v) is 3.16. The molecule has 110 valence electrons. The van der Waals surface area contributed by atoms with E-state index in [9.17, 15) is 0 Å². The topological polar surface area (TPSA) is 63.8 Å². The second-order valence-electron chi connectivity index (χ2n) is 5.04. The summed E-state index contributed by atoms with van der Waals surface area (Å²) in [6.45, 7) is 7.92. The molecule has 2 aromatic rings. The van der Waals surface area contributed by atoms with E-state index in [1.54, 1.807) is 0 Å². The minimum absolute atomic E-state index is 0.320. The van der Waals surface area contributed by atoms with Crippen LogP contribution in [0.15, 0.2) is 16.6 Å². The highest BCUT2D eigenvalue weighted by Gasteiger charge is 2.15. The fourth-order valence-electron chi connectivity index (χ4n) is 2.22. The molecule has 0 unspecified atom stereocenters. The maximum Gasteiger partial charge on any atom is 0.163 e. The summed E-state index contributed by atoms with van der Waals surface area (Å²) in [5, 5.41) is 11.7. The van der Waals surface area contributed by atoms with Crippen LogP contribution < -0.4 is 11.1 Å². The summed E-state index contributed by atoms with van der Waals surface area (Å²) in [5.41, 5.74) is 11.6. The Morgan fingerprint density at radius 2 is 1.71 bits per heavy atom.